The molecule has 0 aliphatic heterocycles. The largest absolute Gasteiger partial charge is 0.494 e. The Balaban J connectivity index is 2.15. The molecule has 0 unspecified atom stereocenters. The van der Waals surface area contributed by atoms with Crippen molar-refractivity contribution in [1.29, 1.82) is 0 Å². The number of carbonyl (C=O) groups is 1. The molecule has 0 heterocycles. The number of hydrogen-bond acceptors (Lipinski definition) is 4. The first-order chi connectivity index (χ1) is 12.7. The van der Waals surface area contributed by atoms with Gasteiger partial charge in [0.1, 0.15) is 12.3 Å². The minimum atomic E-state index is -3.75. The van der Waals surface area contributed by atoms with E-state index in [0.717, 1.165) is 16.1 Å². The van der Waals surface area contributed by atoms with Crippen LogP contribution in [0.2, 0.25) is 10.0 Å². The minimum absolute atomic E-state index is 0.0686. The molecule has 9 heteroatoms. The topological polar surface area (TPSA) is 75.7 Å². The summed E-state index contributed by atoms with van der Waals surface area (Å²) in [5.41, 5.74) is 0.941. The van der Waals surface area contributed by atoms with Crippen LogP contribution in [0.15, 0.2) is 42.5 Å². The van der Waals surface area contributed by atoms with Crippen LogP contribution in [0.5, 0.6) is 5.75 Å². The Morgan fingerprint density at radius 3 is 2.52 bits per heavy atom. The fourth-order valence-corrected chi connectivity index (χ4v) is 3.70. The van der Waals surface area contributed by atoms with Crippen molar-refractivity contribution < 1.29 is 17.9 Å². The number of hydrogen-bond donors (Lipinski definition) is 1. The third-order valence-corrected chi connectivity index (χ3v) is 5.57. The molecule has 0 saturated carbocycles. The number of anilines is 1. The maximum absolute atomic E-state index is 12.4. The van der Waals surface area contributed by atoms with Crippen LogP contribution in [0.25, 0.3) is 0 Å². The molecule has 1 amide bonds. The van der Waals surface area contributed by atoms with E-state index in [1.165, 1.54) is 6.07 Å². The number of rotatable bonds is 8. The first-order valence-electron chi connectivity index (χ1n) is 8.13. The lowest BCUT2D eigenvalue weighted by atomic mass is 10.2. The lowest BCUT2D eigenvalue weighted by Crippen LogP contribution is -2.40. The van der Waals surface area contributed by atoms with Crippen LogP contribution in [0.1, 0.15) is 12.5 Å². The van der Waals surface area contributed by atoms with Gasteiger partial charge in [-0.1, -0.05) is 47.5 Å². The number of sulfonamides is 1. The van der Waals surface area contributed by atoms with E-state index in [1.54, 1.807) is 18.2 Å². The molecule has 2 aromatic carbocycles. The van der Waals surface area contributed by atoms with Gasteiger partial charge in [0.2, 0.25) is 15.9 Å². The highest BCUT2D eigenvalue weighted by Gasteiger charge is 2.24. The van der Waals surface area contributed by atoms with Crippen molar-refractivity contribution in [3.05, 3.63) is 58.1 Å². The smallest absolute Gasteiger partial charge is 0.241 e. The molecule has 0 atom stereocenters. The van der Waals surface area contributed by atoms with Gasteiger partial charge < -0.3 is 10.1 Å². The monoisotopic (exact) mass is 430 g/mol. The van der Waals surface area contributed by atoms with Gasteiger partial charge in [0.25, 0.3) is 0 Å². The lowest BCUT2D eigenvalue weighted by molar-refractivity contribution is -0.119. The summed E-state index contributed by atoms with van der Waals surface area (Å²) in [6.45, 7) is 2.15. The first-order valence-corrected chi connectivity index (χ1v) is 10.7. The maximum Gasteiger partial charge on any atom is 0.241 e. The van der Waals surface area contributed by atoms with Crippen molar-refractivity contribution in [1.82, 2.24) is 5.32 Å². The van der Waals surface area contributed by atoms with E-state index in [0.29, 0.717) is 12.4 Å². The second kappa shape index (κ2) is 9.30. The van der Waals surface area contributed by atoms with Crippen molar-refractivity contribution >= 4 is 44.8 Å². The van der Waals surface area contributed by atoms with E-state index in [-0.39, 0.29) is 22.3 Å². The van der Waals surface area contributed by atoms with Crippen molar-refractivity contribution in [3.8, 4) is 5.75 Å². The molecule has 1 N–H and O–H groups in total. The molecular formula is C18H20Cl2N2O4S. The van der Waals surface area contributed by atoms with Crippen molar-refractivity contribution in [3.63, 3.8) is 0 Å². The third kappa shape index (κ3) is 5.76. The highest BCUT2D eigenvalue weighted by molar-refractivity contribution is 7.92. The number of nitrogens with zero attached hydrogens (tertiary/aromatic N) is 1. The predicted molar refractivity (Wildman–Crippen MR) is 108 cm³/mol. The first kappa shape index (κ1) is 21.3. The zero-order valence-electron chi connectivity index (χ0n) is 14.9. The Morgan fingerprint density at radius 2 is 1.85 bits per heavy atom. The predicted octanol–water partition coefficient (Wildman–Crippen LogP) is 3.47. The molecule has 0 bridgehead atoms. The van der Waals surface area contributed by atoms with Gasteiger partial charge in [-0.2, -0.15) is 0 Å². The number of para-hydroxylation sites is 1. The number of benzene rings is 2. The van der Waals surface area contributed by atoms with Gasteiger partial charge >= 0.3 is 0 Å². The molecule has 0 aromatic heterocycles. The molecule has 146 valence electrons. The van der Waals surface area contributed by atoms with Gasteiger partial charge in [0.15, 0.2) is 0 Å². The van der Waals surface area contributed by atoms with Crippen molar-refractivity contribution in [2.45, 2.75) is 13.5 Å². The van der Waals surface area contributed by atoms with Crippen LogP contribution >= 0.6 is 23.2 Å². The summed E-state index contributed by atoms with van der Waals surface area (Å²) in [5.74, 6) is 0.181. The Bertz CT molecular complexity index is 919. The molecule has 2 aromatic rings. The Hall–Kier alpha value is -1.96. The molecule has 0 radical (unpaired) electrons. The van der Waals surface area contributed by atoms with Gasteiger partial charge in [0.05, 0.1) is 28.6 Å². The van der Waals surface area contributed by atoms with Crippen LogP contribution in [-0.4, -0.2) is 33.7 Å². The van der Waals surface area contributed by atoms with Gasteiger partial charge in [0, 0.05) is 12.1 Å². The molecule has 6 nitrogen and oxygen atoms in total. The van der Waals surface area contributed by atoms with Gasteiger partial charge in [-0.25, -0.2) is 8.42 Å². The van der Waals surface area contributed by atoms with Crippen LogP contribution in [0.3, 0.4) is 0 Å². The molecule has 27 heavy (non-hydrogen) atoms. The summed E-state index contributed by atoms with van der Waals surface area (Å²) < 4.78 is 30.8. The number of nitrogens with one attached hydrogen (secondary N) is 1. The molecule has 0 fully saturated rings. The van der Waals surface area contributed by atoms with E-state index in [2.05, 4.69) is 5.32 Å². The highest BCUT2D eigenvalue weighted by Crippen LogP contribution is 2.33. The highest BCUT2D eigenvalue weighted by atomic mass is 35.5. The Morgan fingerprint density at radius 1 is 1.15 bits per heavy atom. The summed E-state index contributed by atoms with van der Waals surface area (Å²) in [6.07, 6.45) is 1.00. The van der Waals surface area contributed by atoms with Crippen LogP contribution < -0.4 is 14.4 Å². The van der Waals surface area contributed by atoms with Crippen molar-refractivity contribution in [2.24, 2.45) is 0 Å². The average molecular weight is 431 g/mol. The number of carbonyl (C=O) groups excluding carboxylic acids is 1. The number of ether oxygens (including phenoxy) is 1. The van der Waals surface area contributed by atoms with Crippen LogP contribution in [0, 0.1) is 0 Å². The van der Waals surface area contributed by atoms with E-state index in [4.69, 9.17) is 27.9 Å². The Kier molecular flexibility index (Phi) is 7.35. The van der Waals surface area contributed by atoms with Crippen molar-refractivity contribution in [2.75, 3.05) is 23.7 Å². The van der Waals surface area contributed by atoms with Gasteiger partial charge in [-0.05, 0) is 25.1 Å². The van der Waals surface area contributed by atoms with E-state index in [1.807, 2.05) is 25.1 Å². The SMILES string of the molecule is CCOc1ccccc1CNC(=O)CN(c1cccc(Cl)c1Cl)S(C)(=O)=O. The minimum Gasteiger partial charge on any atom is -0.494 e. The fourth-order valence-electron chi connectivity index (χ4n) is 2.39. The molecular weight excluding hydrogens is 411 g/mol. The molecule has 0 aliphatic carbocycles. The zero-order valence-corrected chi connectivity index (χ0v) is 17.2. The normalized spacial score (nSPS) is 11.1. The summed E-state index contributed by atoms with van der Waals surface area (Å²) in [4.78, 5) is 12.4. The maximum atomic E-state index is 12.4. The summed E-state index contributed by atoms with van der Waals surface area (Å²) >= 11 is 12.1. The fraction of sp³-hybridized carbons (Fsp3) is 0.278. The second-order valence-corrected chi connectivity index (χ2v) is 8.35. The Labute approximate surface area is 169 Å². The molecule has 0 spiro atoms. The molecule has 0 saturated heterocycles. The standard InChI is InChI=1S/C18H20Cl2N2O4S/c1-3-26-16-10-5-4-7-13(16)11-21-17(23)12-22(27(2,24)25)15-9-6-8-14(19)18(15)20/h4-10H,3,11-12H2,1-2H3,(H,21,23). The second-order valence-electron chi connectivity index (χ2n) is 5.66. The summed E-state index contributed by atoms with van der Waals surface area (Å²) in [7, 11) is -3.75. The van der Waals surface area contributed by atoms with Gasteiger partial charge in [-0.3, -0.25) is 9.10 Å². The van der Waals surface area contributed by atoms with Crippen LogP contribution in [-0.2, 0) is 21.4 Å². The van der Waals surface area contributed by atoms with E-state index in [9.17, 15) is 13.2 Å². The van der Waals surface area contributed by atoms with Crippen LogP contribution in [0.4, 0.5) is 5.69 Å². The third-order valence-electron chi connectivity index (χ3n) is 3.64. The quantitative estimate of drug-likeness (QED) is 0.695. The number of halogens is 2. The molecule has 0 aliphatic rings. The van der Waals surface area contributed by atoms with Gasteiger partial charge in [-0.15, -0.1) is 0 Å². The average Bonchev–Trinajstić information content (AvgIpc) is 2.61. The zero-order chi connectivity index (χ0) is 20.0. The summed E-state index contributed by atoms with van der Waals surface area (Å²) in [6, 6.07) is 11.9. The molecule has 2 rings (SSSR count). The summed E-state index contributed by atoms with van der Waals surface area (Å²) in [5, 5.41) is 2.97. The number of amides is 1. The lowest BCUT2D eigenvalue weighted by Gasteiger charge is -2.23. The van der Waals surface area contributed by atoms with E-state index < -0.39 is 22.5 Å². The van der Waals surface area contributed by atoms with E-state index >= 15 is 0 Å².